The first kappa shape index (κ1) is 15.0. The average Bonchev–Trinajstić information content (AvgIpc) is 2.37. The summed E-state index contributed by atoms with van der Waals surface area (Å²) < 4.78 is 40.2. The molecule has 0 N–H and O–H groups in total. The highest BCUT2D eigenvalue weighted by Crippen LogP contribution is 2.34. The van der Waals surface area contributed by atoms with Gasteiger partial charge in [0.25, 0.3) is 0 Å². The first-order valence-corrected chi connectivity index (χ1v) is 8.09. The zero-order chi connectivity index (χ0) is 14.9. The Kier molecular flexibility index (Phi) is 4.17. The van der Waals surface area contributed by atoms with Crippen LogP contribution in [0.1, 0.15) is 0 Å². The minimum Gasteiger partial charge on any atom is -0.224 e. The summed E-state index contributed by atoms with van der Waals surface area (Å²) in [5.41, 5.74) is 0.934. The minimum absolute atomic E-state index is 0.162. The highest BCUT2D eigenvalue weighted by atomic mass is 35.5. The smallest absolute Gasteiger partial charge is 0.175 e. The van der Waals surface area contributed by atoms with Crippen LogP contribution in [-0.4, -0.2) is 14.7 Å². The molecule has 0 aliphatic rings. The molecule has 104 valence electrons. The van der Waals surface area contributed by atoms with E-state index >= 15 is 0 Å². The third kappa shape index (κ3) is 3.03. The normalized spacial score (nSPS) is 11.3. The van der Waals surface area contributed by atoms with Gasteiger partial charge in [-0.25, -0.2) is 12.8 Å². The molecule has 0 saturated heterocycles. The predicted octanol–water partition coefficient (Wildman–Crippen LogP) is 3.91. The summed E-state index contributed by atoms with van der Waals surface area (Å²) >= 11 is 10.5. The lowest BCUT2D eigenvalue weighted by Gasteiger charge is -2.08. The average molecular weight is 330 g/mol. The molecule has 0 unspecified atom stereocenters. The van der Waals surface area contributed by atoms with Gasteiger partial charge < -0.3 is 0 Å². The molecule has 2 aromatic rings. The lowest BCUT2D eigenvalue weighted by atomic mass is 10.0. The molecule has 0 aliphatic carbocycles. The Balaban J connectivity index is 2.55. The second kappa shape index (κ2) is 5.55. The van der Waals surface area contributed by atoms with Gasteiger partial charge in [0.1, 0.15) is 5.82 Å². The van der Waals surface area contributed by atoms with Crippen molar-refractivity contribution < 1.29 is 12.8 Å². The van der Waals surface area contributed by atoms with Crippen LogP contribution in [0.25, 0.3) is 11.1 Å². The molecule has 2 rings (SSSR count). The molecule has 0 aliphatic heterocycles. The fraction of sp³-hybridized carbons (Fsp3) is 0.0769. The summed E-state index contributed by atoms with van der Waals surface area (Å²) in [5.74, 6) is -0.562. The number of sulfone groups is 1. The van der Waals surface area contributed by atoms with E-state index in [2.05, 4.69) is 16.8 Å². The first-order chi connectivity index (χ1) is 9.32. The largest absolute Gasteiger partial charge is 0.224 e. The van der Waals surface area contributed by atoms with Gasteiger partial charge in [0.2, 0.25) is 0 Å². The van der Waals surface area contributed by atoms with E-state index in [1.165, 1.54) is 36.4 Å². The Morgan fingerprint density at radius 1 is 1.20 bits per heavy atom. The molecule has 0 spiro atoms. The van der Waals surface area contributed by atoms with Crippen molar-refractivity contribution in [3.8, 4) is 11.1 Å². The summed E-state index contributed by atoms with van der Waals surface area (Å²) in [6, 6.07) is 8.46. The van der Waals surface area contributed by atoms with Crippen molar-refractivity contribution >= 4 is 39.6 Å². The first-order valence-electron chi connectivity index (χ1n) is 5.46. The van der Waals surface area contributed by atoms with Gasteiger partial charge in [-0.1, -0.05) is 23.7 Å². The highest BCUT2D eigenvalue weighted by molar-refractivity contribution is 7.90. The fourth-order valence-corrected chi connectivity index (χ4v) is 2.80. The number of nitrogens with zero attached hydrogens (tertiary/aromatic N) is 1. The van der Waals surface area contributed by atoms with Crippen molar-refractivity contribution in [3.63, 3.8) is 0 Å². The van der Waals surface area contributed by atoms with Gasteiger partial charge in [0, 0.05) is 30.3 Å². The van der Waals surface area contributed by atoms with Crippen molar-refractivity contribution in [1.29, 1.82) is 0 Å². The van der Waals surface area contributed by atoms with Crippen LogP contribution < -0.4 is 0 Å². The monoisotopic (exact) mass is 329 g/mol. The van der Waals surface area contributed by atoms with Crippen LogP contribution in [0.4, 0.5) is 10.1 Å². The molecule has 0 atom stereocenters. The Labute approximate surface area is 126 Å². The van der Waals surface area contributed by atoms with E-state index < -0.39 is 15.7 Å². The Bertz CT molecular complexity index is 750. The lowest BCUT2D eigenvalue weighted by Crippen LogP contribution is -1.96. The van der Waals surface area contributed by atoms with Crippen LogP contribution in [-0.2, 0) is 22.3 Å². The molecule has 0 aromatic heterocycles. The molecule has 0 bridgehead atoms. The van der Waals surface area contributed by atoms with Crippen molar-refractivity contribution in [3.05, 3.63) is 47.2 Å². The number of hydrogen-bond donors (Lipinski definition) is 0. The maximum absolute atomic E-state index is 14.0. The zero-order valence-electron chi connectivity index (χ0n) is 10.3. The summed E-state index contributed by atoms with van der Waals surface area (Å²) in [4.78, 5) is 0.162. The van der Waals surface area contributed by atoms with Crippen LogP contribution >= 0.6 is 11.6 Å². The quantitative estimate of drug-likeness (QED) is 0.857. The van der Waals surface area contributed by atoms with Gasteiger partial charge in [0.15, 0.2) is 9.84 Å². The van der Waals surface area contributed by atoms with E-state index in [1.54, 1.807) is 0 Å². The van der Waals surface area contributed by atoms with Gasteiger partial charge >= 0.3 is 0 Å². The molecule has 0 saturated carbocycles. The molecule has 0 amide bonds. The lowest BCUT2D eigenvalue weighted by molar-refractivity contribution is 0.602. The second-order valence-corrected chi connectivity index (χ2v) is 6.78. The van der Waals surface area contributed by atoms with Crippen LogP contribution in [0, 0.1) is 5.82 Å². The number of halogens is 2. The number of benzene rings is 2. The third-order valence-electron chi connectivity index (χ3n) is 2.70. The van der Waals surface area contributed by atoms with Crippen LogP contribution in [0.5, 0.6) is 0 Å². The van der Waals surface area contributed by atoms with Crippen molar-refractivity contribution in [2.75, 3.05) is 6.26 Å². The van der Waals surface area contributed by atoms with Crippen molar-refractivity contribution in [2.45, 2.75) is 4.90 Å². The van der Waals surface area contributed by atoms with Crippen molar-refractivity contribution in [1.82, 2.24) is 0 Å². The molecule has 0 heterocycles. The van der Waals surface area contributed by atoms with Gasteiger partial charge in [-0.3, -0.25) is 0 Å². The van der Waals surface area contributed by atoms with Gasteiger partial charge in [-0.2, -0.15) is 4.36 Å². The molecule has 7 heteroatoms. The standard InChI is InChI=1S/C13H9ClFNO2S2/c1-20(17,18)10-4-2-8(3-5-10)13-11(14)6-9(16-19)7-12(13)15/h2-7H,1H3. The summed E-state index contributed by atoms with van der Waals surface area (Å²) in [5, 5.41) is 0.167. The second-order valence-electron chi connectivity index (χ2n) is 4.17. The topological polar surface area (TPSA) is 46.5 Å². The van der Waals surface area contributed by atoms with E-state index in [0.29, 0.717) is 5.56 Å². The number of rotatable bonds is 3. The van der Waals surface area contributed by atoms with Crippen LogP contribution in [0.2, 0.25) is 5.02 Å². The van der Waals surface area contributed by atoms with Crippen LogP contribution in [0.3, 0.4) is 0 Å². The van der Waals surface area contributed by atoms with Crippen molar-refractivity contribution in [2.24, 2.45) is 4.36 Å². The Morgan fingerprint density at radius 3 is 2.25 bits per heavy atom. The van der Waals surface area contributed by atoms with Gasteiger partial charge in [-0.05, 0) is 23.8 Å². The predicted molar refractivity (Wildman–Crippen MR) is 79.4 cm³/mol. The molecule has 0 fully saturated rings. The van der Waals surface area contributed by atoms with E-state index in [9.17, 15) is 12.8 Å². The zero-order valence-corrected chi connectivity index (χ0v) is 12.7. The van der Waals surface area contributed by atoms with Crippen LogP contribution in [0.15, 0.2) is 45.7 Å². The fourth-order valence-electron chi connectivity index (χ4n) is 1.76. The van der Waals surface area contributed by atoms with E-state index in [0.717, 1.165) is 6.26 Å². The summed E-state index contributed by atoms with van der Waals surface area (Å²) in [6.45, 7) is 0. The SMILES string of the molecule is CS(=O)(=O)c1ccc(-c2c(F)cc(N=S)cc2Cl)cc1. The Hall–Kier alpha value is -1.37. The summed E-state index contributed by atoms with van der Waals surface area (Å²) in [7, 11) is -3.29. The highest BCUT2D eigenvalue weighted by Gasteiger charge is 2.13. The molecular weight excluding hydrogens is 321 g/mol. The number of hydrogen-bond acceptors (Lipinski definition) is 4. The molecule has 0 radical (unpaired) electrons. The van der Waals surface area contributed by atoms with Gasteiger partial charge in [0.05, 0.1) is 15.6 Å². The molecule has 3 nitrogen and oxygen atoms in total. The van der Waals surface area contributed by atoms with E-state index in [1.807, 2.05) is 0 Å². The molecule has 20 heavy (non-hydrogen) atoms. The maximum atomic E-state index is 14.0. The minimum atomic E-state index is -3.29. The maximum Gasteiger partial charge on any atom is 0.175 e. The van der Waals surface area contributed by atoms with E-state index in [-0.39, 0.29) is 21.2 Å². The van der Waals surface area contributed by atoms with Gasteiger partial charge in [-0.15, -0.1) is 0 Å². The Morgan fingerprint density at radius 2 is 1.80 bits per heavy atom. The summed E-state index contributed by atoms with van der Waals surface area (Å²) in [6.07, 6.45) is 1.11. The molecule has 2 aromatic carbocycles. The van der Waals surface area contributed by atoms with E-state index in [4.69, 9.17) is 11.6 Å². The molecular formula is C13H9ClFNO2S2. The third-order valence-corrected chi connectivity index (χ3v) is 4.34.